The van der Waals surface area contributed by atoms with Gasteiger partial charge in [-0.05, 0) is 31.5 Å². The minimum atomic E-state index is -0.387. The molecule has 2 heterocycles. The zero-order valence-electron chi connectivity index (χ0n) is 14.1. The van der Waals surface area contributed by atoms with Crippen molar-refractivity contribution < 1.29 is 14.6 Å². The molecule has 0 aliphatic carbocycles. The number of anilines is 1. The Morgan fingerprint density at radius 3 is 2.96 bits per heavy atom. The highest BCUT2D eigenvalue weighted by Crippen LogP contribution is 2.32. The number of carbonyl (C=O) groups is 1. The average molecular weight is 357 g/mol. The summed E-state index contributed by atoms with van der Waals surface area (Å²) >= 11 is 1.40. The number of nitrogens with one attached hydrogen (secondary N) is 1. The van der Waals surface area contributed by atoms with E-state index in [1.807, 2.05) is 19.2 Å². The van der Waals surface area contributed by atoms with Crippen molar-refractivity contribution in [2.24, 2.45) is 0 Å². The van der Waals surface area contributed by atoms with Crippen LogP contribution in [0.5, 0.6) is 0 Å². The first-order chi connectivity index (χ1) is 12.0. The lowest BCUT2D eigenvalue weighted by Crippen LogP contribution is -2.26. The number of esters is 1. The Morgan fingerprint density at radius 2 is 2.28 bits per heavy atom. The van der Waals surface area contributed by atoms with Crippen LogP contribution in [-0.4, -0.2) is 35.0 Å². The van der Waals surface area contributed by atoms with E-state index in [-0.39, 0.29) is 24.1 Å². The first-order valence-electron chi connectivity index (χ1n) is 7.99. The van der Waals surface area contributed by atoms with Gasteiger partial charge in [0.25, 0.3) is 0 Å². The van der Waals surface area contributed by atoms with Crippen molar-refractivity contribution in [3.8, 4) is 0 Å². The Balaban J connectivity index is 1.84. The third-order valence-electron chi connectivity index (χ3n) is 3.77. The van der Waals surface area contributed by atoms with Gasteiger partial charge in [-0.25, -0.2) is 9.78 Å². The van der Waals surface area contributed by atoms with Gasteiger partial charge in [0.1, 0.15) is 16.6 Å². The number of amidine groups is 1. The van der Waals surface area contributed by atoms with Crippen molar-refractivity contribution in [2.75, 3.05) is 18.1 Å². The minimum Gasteiger partial charge on any atom is -0.510 e. The van der Waals surface area contributed by atoms with Crippen LogP contribution in [0.15, 0.2) is 35.4 Å². The maximum Gasteiger partial charge on any atom is 0.338 e. The number of thiazole rings is 1. The number of benzene rings is 1. The lowest BCUT2D eigenvalue weighted by atomic mass is 10.2. The van der Waals surface area contributed by atoms with Gasteiger partial charge >= 0.3 is 5.97 Å². The molecule has 0 spiro atoms. The lowest BCUT2D eigenvalue weighted by Gasteiger charge is -2.19. The van der Waals surface area contributed by atoms with Crippen LogP contribution < -0.4 is 4.90 Å². The van der Waals surface area contributed by atoms with Gasteiger partial charge in [-0.15, -0.1) is 11.3 Å². The molecule has 1 aromatic carbocycles. The zero-order chi connectivity index (χ0) is 18.0. The normalized spacial score (nSPS) is 14.3. The molecular weight excluding hydrogens is 338 g/mol. The Morgan fingerprint density at radius 1 is 1.48 bits per heavy atom. The molecule has 25 heavy (non-hydrogen) atoms. The highest BCUT2D eigenvalue weighted by atomic mass is 32.1. The summed E-state index contributed by atoms with van der Waals surface area (Å²) in [5, 5.41) is 21.3. The molecule has 1 aromatic heterocycles. The molecule has 1 aliphatic heterocycles. The zero-order valence-corrected chi connectivity index (χ0v) is 14.9. The van der Waals surface area contributed by atoms with E-state index < -0.39 is 0 Å². The number of aliphatic hydroxyl groups excluding tert-OH is 1. The summed E-state index contributed by atoms with van der Waals surface area (Å²) < 4.78 is 5.16. The van der Waals surface area contributed by atoms with Crippen LogP contribution in [0.2, 0.25) is 0 Å². The Labute approximate surface area is 149 Å². The number of aromatic nitrogens is 1. The molecule has 0 atom stereocenters. The second-order valence-corrected chi connectivity index (χ2v) is 6.59. The fourth-order valence-corrected chi connectivity index (χ4v) is 3.44. The third-order valence-corrected chi connectivity index (χ3v) is 4.74. The van der Waals surface area contributed by atoms with E-state index in [1.54, 1.807) is 29.2 Å². The molecule has 0 saturated carbocycles. The van der Waals surface area contributed by atoms with E-state index in [0.29, 0.717) is 28.4 Å². The van der Waals surface area contributed by atoms with E-state index >= 15 is 0 Å². The molecule has 6 nitrogen and oxygen atoms in total. The summed E-state index contributed by atoms with van der Waals surface area (Å²) in [4.78, 5) is 18.1. The van der Waals surface area contributed by atoms with E-state index in [0.717, 1.165) is 12.1 Å². The SMILES string of the molecule is CCCOC(=O)c1cccc(N2CC(O)=C(c3nc(C)cs3)C2=N)c1. The number of aryl methyl sites for hydroxylation is 1. The summed E-state index contributed by atoms with van der Waals surface area (Å²) in [5.74, 6) is -0.105. The highest BCUT2D eigenvalue weighted by Gasteiger charge is 2.31. The lowest BCUT2D eigenvalue weighted by molar-refractivity contribution is 0.0505. The van der Waals surface area contributed by atoms with Gasteiger partial charge in [-0.2, -0.15) is 0 Å². The smallest absolute Gasteiger partial charge is 0.338 e. The van der Waals surface area contributed by atoms with E-state index in [2.05, 4.69) is 4.98 Å². The first kappa shape index (κ1) is 17.2. The van der Waals surface area contributed by atoms with Gasteiger partial charge in [-0.1, -0.05) is 13.0 Å². The summed E-state index contributed by atoms with van der Waals surface area (Å²) in [6.45, 7) is 4.36. The Kier molecular flexibility index (Phi) is 4.85. The molecule has 0 amide bonds. The highest BCUT2D eigenvalue weighted by molar-refractivity contribution is 7.11. The molecule has 0 fully saturated rings. The monoisotopic (exact) mass is 357 g/mol. The quantitative estimate of drug-likeness (QED) is 0.795. The molecule has 7 heteroatoms. The summed E-state index contributed by atoms with van der Waals surface area (Å²) in [6, 6.07) is 6.90. The van der Waals surface area contributed by atoms with Crippen LogP contribution in [-0.2, 0) is 4.74 Å². The first-order valence-corrected chi connectivity index (χ1v) is 8.87. The topological polar surface area (TPSA) is 86.5 Å². The molecule has 2 aromatic rings. The molecule has 0 unspecified atom stereocenters. The predicted molar refractivity (Wildman–Crippen MR) is 98.5 cm³/mol. The molecule has 0 radical (unpaired) electrons. The molecule has 0 saturated heterocycles. The number of carbonyl (C=O) groups excluding carboxylic acids is 1. The number of ether oxygens (including phenoxy) is 1. The fraction of sp³-hybridized carbons (Fsp3) is 0.278. The summed E-state index contributed by atoms with van der Waals surface area (Å²) in [7, 11) is 0. The van der Waals surface area contributed by atoms with Crippen LogP contribution in [0.25, 0.3) is 5.57 Å². The van der Waals surface area contributed by atoms with Gasteiger partial charge in [0.2, 0.25) is 0 Å². The molecule has 130 valence electrons. The maximum atomic E-state index is 12.0. The predicted octanol–water partition coefficient (Wildman–Crippen LogP) is 3.78. The van der Waals surface area contributed by atoms with Crippen molar-refractivity contribution in [2.45, 2.75) is 20.3 Å². The molecular formula is C18H19N3O3S. The van der Waals surface area contributed by atoms with Crippen molar-refractivity contribution in [3.05, 3.63) is 51.7 Å². The fourth-order valence-electron chi connectivity index (χ4n) is 2.57. The summed E-state index contributed by atoms with van der Waals surface area (Å²) in [5.41, 5.74) is 2.38. The van der Waals surface area contributed by atoms with E-state index in [4.69, 9.17) is 10.1 Å². The van der Waals surface area contributed by atoms with Gasteiger partial charge in [0.15, 0.2) is 0 Å². The molecule has 3 rings (SSSR count). The van der Waals surface area contributed by atoms with Crippen molar-refractivity contribution in [1.29, 1.82) is 5.41 Å². The van der Waals surface area contributed by atoms with Crippen LogP contribution in [0, 0.1) is 12.3 Å². The molecule has 1 aliphatic rings. The largest absolute Gasteiger partial charge is 0.510 e. The van der Waals surface area contributed by atoms with Crippen molar-refractivity contribution >= 4 is 34.4 Å². The third kappa shape index (κ3) is 3.41. The number of hydrogen-bond donors (Lipinski definition) is 2. The van der Waals surface area contributed by atoms with Gasteiger partial charge in [0, 0.05) is 16.8 Å². The van der Waals surface area contributed by atoms with Crippen molar-refractivity contribution in [3.63, 3.8) is 0 Å². The maximum absolute atomic E-state index is 12.0. The number of rotatable bonds is 5. The van der Waals surface area contributed by atoms with Crippen LogP contribution in [0.1, 0.15) is 34.4 Å². The van der Waals surface area contributed by atoms with Crippen LogP contribution in [0.4, 0.5) is 5.69 Å². The minimum absolute atomic E-state index is 0.110. The molecule has 2 N–H and O–H groups in total. The van der Waals surface area contributed by atoms with Gasteiger partial charge in [-0.3, -0.25) is 5.41 Å². The number of nitrogens with zero attached hydrogens (tertiary/aromatic N) is 2. The van der Waals surface area contributed by atoms with Gasteiger partial charge in [0.05, 0.1) is 24.3 Å². The van der Waals surface area contributed by atoms with Crippen LogP contribution >= 0.6 is 11.3 Å². The van der Waals surface area contributed by atoms with Crippen molar-refractivity contribution in [1.82, 2.24) is 4.98 Å². The second-order valence-electron chi connectivity index (χ2n) is 5.74. The van der Waals surface area contributed by atoms with E-state index in [9.17, 15) is 9.90 Å². The second kappa shape index (κ2) is 7.06. The van der Waals surface area contributed by atoms with E-state index in [1.165, 1.54) is 11.3 Å². The number of hydrogen-bond acceptors (Lipinski definition) is 6. The number of aliphatic hydroxyl groups is 1. The van der Waals surface area contributed by atoms with Gasteiger partial charge < -0.3 is 14.7 Å². The Hall–Kier alpha value is -2.67. The average Bonchev–Trinajstić information content (AvgIpc) is 3.15. The Bertz CT molecular complexity index is 857. The standard InChI is InChI=1S/C18H19N3O3S/c1-3-7-24-18(23)12-5-4-6-13(8-12)21-9-14(22)15(16(21)19)17-20-11(2)10-25-17/h4-6,8,10,19,22H,3,7,9H2,1-2H3. The summed E-state index contributed by atoms with van der Waals surface area (Å²) in [6.07, 6.45) is 0.761. The van der Waals surface area contributed by atoms with Crippen LogP contribution in [0.3, 0.4) is 0 Å². The molecule has 0 bridgehead atoms.